The minimum atomic E-state index is -0.502. The van der Waals surface area contributed by atoms with Gasteiger partial charge in [0.15, 0.2) is 0 Å². The maximum Gasteiger partial charge on any atom is 0.345 e. The van der Waals surface area contributed by atoms with Gasteiger partial charge >= 0.3 is 5.97 Å². The lowest BCUT2D eigenvalue weighted by atomic mass is 10.1. The Morgan fingerprint density at radius 1 is 1.17 bits per heavy atom. The number of nitrogens with zero attached hydrogens (tertiary/aromatic N) is 1. The molecule has 1 aromatic heterocycles. The number of aromatic nitrogens is 1. The number of carbonyl (C=O) groups is 1. The molecule has 1 unspecified atom stereocenters. The topological polar surface area (TPSA) is 72.5 Å². The van der Waals surface area contributed by atoms with E-state index in [9.17, 15) is 4.79 Å². The molecule has 1 aromatic carbocycles. The zero-order chi connectivity index (χ0) is 21.6. The summed E-state index contributed by atoms with van der Waals surface area (Å²) in [5, 5.41) is 7.42. The van der Waals surface area contributed by atoms with Crippen LogP contribution in [0.1, 0.15) is 47.4 Å². The van der Waals surface area contributed by atoms with E-state index in [4.69, 9.17) is 21.1 Å². The number of carbonyl (C=O) groups excluding carboxylic acids is 1. The van der Waals surface area contributed by atoms with Crippen molar-refractivity contribution < 1.29 is 14.3 Å². The SMILES string of the molecule is CCNCC(CC)Nc1cc(C)nc(Oc2c(C)cc(Cl)cc2C)c1C(=O)OC. The number of rotatable bonds is 9. The Bertz CT molecular complexity index is 848. The molecule has 158 valence electrons. The summed E-state index contributed by atoms with van der Waals surface area (Å²) in [6.45, 7) is 11.5. The van der Waals surface area contributed by atoms with Crippen molar-refractivity contribution in [3.63, 3.8) is 0 Å². The first-order chi connectivity index (χ1) is 13.8. The van der Waals surface area contributed by atoms with E-state index in [0.29, 0.717) is 16.5 Å². The molecule has 0 aliphatic heterocycles. The van der Waals surface area contributed by atoms with Crippen LogP contribution in [0.2, 0.25) is 5.02 Å². The molecule has 2 rings (SSSR count). The summed E-state index contributed by atoms with van der Waals surface area (Å²) >= 11 is 6.13. The van der Waals surface area contributed by atoms with Crippen LogP contribution >= 0.6 is 11.6 Å². The molecule has 0 saturated carbocycles. The Balaban J connectivity index is 2.52. The zero-order valence-electron chi connectivity index (χ0n) is 18.0. The normalized spacial score (nSPS) is 11.8. The molecule has 1 atom stereocenters. The Labute approximate surface area is 178 Å². The van der Waals surface area contributed by atoms with Gasteiger partial charge in [0.05, 0.1) is 12.8 Å². The van der Waals surface area contributed by atoms with Gasteiger partial charge in [0.2, 0.25) is 5.88 Å². The Morgan fingerprint density at radius 3 is 2.38 bits per heavy atom. The molecule has 6 nitrogen and oxygen atoms in total. The predicted octanol–water partition coefficient (Wildman–Crippen LogP) is 5.04. The van der Waals surface area contributed by atoms with Gasteiger partial charge in [-0.05, 0) is 63.1 Å². The Hall–Kier alpha value is -2.31. The molecule has 7 heteroatoms. The van der Waals surface area contributed by atoms with Crippen molar-refractivity contribution in [2.45, 2.75) is 47.1 Å². The van der Waals surface area contributed by atoms with Gasteiger partial charge < -0.3 is 20.1 Å². The van der Waals surface area contributed by atoms with Gasteiger partial charge in [0.25, 0.3) is 0 Å². The van der Waals surface area contributed by atoms with Gasteiger partial charge in [0, 0.05) is 23.3 Å². The molecule has 29 heavy (non-hydrogen) atoms. The quantitative estimate of drug-likeness (QED) is 0.555. The van der Waals surface area contributed by atoms with E-state index in [1.807, 2.05) is 39.0 Å². The number of likely N-dealkylation sites (N-methyl/N-ethyl adjacent to an activating group) is 1. The van der Waals surface area contributed by atoms with Gasteiger partial charge in [0.1, 0.15) is 11.3 Å². The number of esters is 1. The van der Waals surface area contributed by atoms with Crippen LogP contribution < -0.4 is 15.4 Å². The maximum atomic E-state index is 12.6. The molecule has 0 bridgehead atoms. The first kappa shape index (κ1) is 23.0. The van der Waals surface area contributed by atoms with E-state index in [1.54, 1.807) is 0 Å². The van der Waals surface area contributed by atoms with Crippen LogP contribution in [-0.4, -0.2) is 37.2 Å². The molecule has 2 aromatic rings. The summed E-state index contributed by atoms with van der Waals surface area (Å²) in [6, 6.07) is 5.63. The lowest BCUT2D eigenvalue weighted by Gasteiger charge is -2.22. The van der Waals surface area contributed by atoms with Crippen LogP contribution in [0.3, 0.4) is 0 Å². The summed E-state index contributed by atoms with van der Waals surface area (Å²) in [4.78, 5) is 17.1. The van der Waals surface area contributed by atoms with Gasteiger partial charge in [-0.1, -0.05) is 25.4 Å². The van der Waals surface area contributed by atoms with Crippen molar-refractivity contribution in [3.05, 3.63) is 45.6 Å². The van der Waals surface area contributed by atoms with Gasteiger partial charge in [-0.15, -0.1) is 0 Å². The Morgan fingerprint density at radius 2 is 1.83 bits per heavy atom. The first-order valence-electron chi connectivity index (χ1n) is 9.82. The summed E-state index contributed by atoms with van der Waals surface area (Å²) in [5.41, 5.74) is 3.39. The number of methoxy groups -OCH3 is 1. The molecule has 0 saturated heterocycles. The summed E-state index contributed by atoms with van der Waals surface area (Å²) < 4.78 is 11.2. The maximum absolute atomic E-state index is 12.6. The average molecular weight is 420 g/mol. The lowest BCUT2D eigenvalue weighted by molar-refractivity contribution is 0.0598. The third-order valence-electron chi connectivity index (χ3n) is 4.62. The molecule has 0 radical (unpaired) electrons. The van der Waals surface area contributed by atoms with Gasteiger partial charge in [-0.2, -0.15) is 0 Å². The fourth-order valence-electron chi connectivity index (χ4n) is 3.12. The second-order valence-electron chi connectivity index (χ2n) is 7.01. The zero-order valence-corrected chi connectivity index (χ0v) is 18.7. The third-order valence-corrected chi connectivity index (χ3v) is 4.84. The van der Waals surface area contributed by atoms with Crippen molar-refractivity contribution in [3.8, 4) is 11.6 Å². The fourth-order valence-corrected chi connectivity index (χ4v) is 3.45. The van der Waals surface area contributed by atoms with Gasteiger partial charge in [-0.25, -0.2) is 9.78 Å². The van der Waals surface area contributed by atoms with Crippen molar-refractivity contribution >= 4 is 23.3 Å². The molecule has 2 N–H and O–H groups in total. The number of aryl methyl sites for hydroxylation is 3. The van der Waals surface area contributed by atoms with Crippen molar-refractivity contribution in [1.82, 2.24) is 10.3 Å². The van der Waals surface area contributed by atoms with Gasteiger partial charge in [-0.3, -0.25) is 0 Å². The van der Waals surface area contributed by atoms with Crippen molar-refractivity contribution in [1.29, 1.82) is 0 Å². The highest BCUT2D eigenvalue weighted by Crippen LogP contribution is 2.35. The number of hydrogen-bond acceptors (Lipinski definition) is 6. The highest BCUT2D eigenvalue weighted by Gasteiger charge is 2.24. The van der Waals surface area contributed by atoms with Crippen molar-refractivity contribution in [2.75, 3.05) is 25.5 Å². The van der Waals surface area contributed by atoms with E-state index in [2.05, 4.69) is 29.5 Å². The molecular formula is C22H30ClN3O3. The molecule has 0 spiro atoms. The number of nitrogens with one attached hydrogen (secondary N) is 2. The van der Waals surface area contributed by atoms with E-state index in [-0.39, 0.29) is 17.5 Å². The number of anilines is 1. The van der Waals surface area contributed by atoms with E-state index in [0.717, 1.165) is 36.3 Å². The second-order valence-corrected chi connectivity index (χ2v) is 7.45. The Kier molecular flexibility index (Phi) is 8.29. The number of benzene rings is 1. The molecular weight excluding hydrogens is 390 g/mol. The van der Waals surface area contributed by atoms with Crippen LogP contribution in [0.25, 0.3) is 0 Å². The second kappa shape index (κ2) is 10.5. The van der Waals surface area contributed by atoms with Crippen LogP contribution in [0.5, 0.6) is 11.6 Å². The molecule has 0 fully saturated rings. The molecule has 0 amide bonds. The minimum Gasteiger partial charge on any atom is -0.465 e. The monoisotopic (exact) mass is 419 g/mol. The first-order valence-corrected chi connectivity index (χ1v) is 10.2. The fraction of sp³-hybridized carbons (Fsp3) is 0.455. The standard InChI is InChI=1S/C22H30ClN3O3/c1-7-17(12-24-8-2)26-18-11-15(5)25-21(19(18)22(27)28-6)29-20-13(3)9-16(23)10-14(20)4/h9-11,17,24H,7-8,12H2,1-6H3,(H,25,26). The molecule has 0 aliphatic rings. The van der Waals surface area contributed by atoms with Crippen LogP contribution in [-0.2, 0) is 4.74 Å². The summed E-state index contributed by atoms with van der Waals surface area (Å²) in [6.07, 6.45) is 0.889. The van der Waals surface area contributed by atoms with Crippen molar-refractivity contribution in [2.24, 2.45) is 0 Å². The summed E-state index contributed by atoms with van der Waals surface area (Å²) in [5.74, 6) is 0.340. The van der Waals surface area contributed by atoms with E-state index >= 15 is 0 Å². The molecule has 1 heterocycles. The van der Waals surface area contributed by atoms with Crippen LogP contribution in [0.4, 0.5) is 5.69 Å². The summed E-state index contributed by atoms with van der Waals surface area (Å²) in [7, 11) is 1.35. The highest BCUT2D eigenvalue weighted by atomic mass is 35.5. The van der Waals surface area contributed by atoms with Crippen LogP contribution in [0.15, 0.2) is 18.2 Å². The highest BCUT2D eigenvalue weighted by molar-refractivity contribution is 6.30. The number of halogens is 1. The van der Waals surface area contributed by atoms with Crippen LogP contribution in [0, 0.1) is 20.8 Å². The number of ether oxygens (including phenoxy) is 2. The predicted molar refractivity (Wildman–Crippen MR) is 118 cm³/mol. The lowest BCUT2D eigenvalue weighted by Crippen LogP contribution is -2.33. The third kappa shape index (κ3) is 5.84. The molecule has 0 aliphatic carbocycles. The van der Waals surface area contributed by atoms with E-state index < -0.39 is 5.97 Å². The number of pyridine rings is 1. The largest absolute Gasteiger partial charge is 0.465 e. The number of hydrogen-bond donors (Lipinski definition) is 2. The van der Waals surface area contributed by atoms with E-state index in [1.165, 1.54) is 7.11 Å². The average Bonchev–Trinajstić information content (AvgIpc) is 2.67. The minimum absolute atomic E-state index is 0.145. The smallest absolute Gasteiger partial charge is 0.345 e.